The van der Waals surface area contributed by atoms with Gasteiger partial charge in [-0.15, -0.1) is 0 Å². The Balaban J connectivity index is 2.20. The lowest BCUT2D eigenvalue weighted by molar-refractivity contribution is -0.140. The first-order valence-corrected chi connectivity index (χ1v) is 14.1. The second-order valence-electron chi connectivity index (χ2n) is 9.19. The highest BCUT2D eigenvalue weighted by Gasteiger charge is 2.27. The molecule has 0 spiro atoms. The topological polar surface area (TPSA) is 96.0 Å². The fraction of sp³-hybridized carbons (Fsp3) is 0.481. The number of amides is 2. The molecule has 0 saturated heterocycles. The summed E-state index contributed by atoms with van der Waals surface area (Å²) in [4.78, 5) is 27.6. The number of benzene rings is 2. The van der Waals surface area contributed by atoms with Gasteiger partial charge in [0.2, 0.25) is 21.8 Å². The highest BCUT2D eigenvalue weighted by molar-refractivity contribution is 7.92. The summed E-state index contributed by atoms with van der Waals surface area (Å²) < 4.78 is 32.1. The largest absolute Gasteiger partial charge is 0.492 e. The van der Waals surface area contributed by atoms with E-state index in [0.717, 1.165) is 17.4 Å². The van der Waals surface area contributed by atoms with Crippen LogP contribution in [0.15, 0.2) is 48.5 Å². The average Bonchev–Trinajstić information content (AvgIpc) is 2.80. The average molecular weight is 518 g/mol. The predicted octanol–water partition coefficient (Wildman–Crippen LogP) is 3.88. The molecule has 9 heteroatoms. The molecular weight excluding hydrogens is 478 g/mol. The van der Waals surface area contributed by atoms with Crippen molar-refractivity contribution in [1.29, 1.82) is 0 Å². The van der Waals surface area contributed by atoms with E-state index in [1.54, 1.807) is 36.1 Å². The van der Waals surface area contributed by atoms with Crippen LogP contribution in [-0.2, 0) is 26.2 Å². The number of carbonyl (C=O) groups is 2. The standard InChI is InChI=1S/C27H39N3O5S/c1-7-35-25-12-9-8-11-24(25)30(36(6,33)34)18-10-13-26(31)29(22(5)27(32)28-20(2)3)19-23-16-14-21(4)15-17-23/h8-9,11-12,14-17,20,22H,7,10,13,18-19H2,1-6H3,(H,28,32)/t22-/m0/s1. The van der Waals surface area contributed by atoms with E-state index in [1.165, 1.54) is 4.31 Å². The van der Waals surface area contributed by atoms with Crippen molar-refractivity contribution in [2.75, 3.05) is 23.7 Å². The summed E-state index contributed by atoms with van der Waals surface area (Å²) in [5.41, 5.74) is 2.47. The smallest absolute Gasteiger partial charge is 0.242 e. The van der Waals surface area contributed by atoms with Crippen LogP contribution in [0, 0.1) is 6.92 Å². The van der Waals surface area contributed by atoms with Crippen molar-refractivity contribution in [2.45, 2.75) is 66.1 Å². The number of hydrogen-bond donors (Lipinski definition) is 1. The Hall–Kier alpha value is -3.07. The number of para-hydroxylation sites is 2. The van der Waals surface area contributed by atoms with Crippen LogP contribution in [0.5, 0.6) is 5.75 Å². The molecule has 8 nitrogen and oxygen atoms in total. The van der Waals surface area contributed by atoms with Crippen molar-refractivity contribution in [3.05, 3.63) is 59.7 Å². The lowest BCUT2D eigenvalue weighted by atomic mass is 10.1. The number of rotatable bonds is 13. The minimum atomic E-state index is -3.61. The molecule has 0 saturated carbocycles. The van der Waals surface area contributed by atoms with E-state index in [2.05, 4.69) is 5.32 Å². The molecule has 0 aliphatic heterocycles. The molecule has 0 fully saturated rings. The third kappa shape index (κ3) is 8.55. The van der Waals surface area contributed by atoms with E-state index in [-0.39, 0.29) is 43.8 Å². The van der Waals surface area contributed by atoms with Gasteiger partial charge in [0.05, 0.1) is 18.6 Å². The van der Waals surface area contributed by atoms with Gasteiger partial charge < -0.3 is 15.0 Å². The van der Waals surface area contributed by atoms with Crippen LogP contribution in [0.2, 0.25) is 0 Å². The van der Waals surface area contributed by atoms with Gasteiger partial charge in [0.1, 0.15) is 11.8 Å². The van der Waals surface area contributed by atoms with Crippen LogP contribution in [0.1, 0.15) is 51.7 Å². The molecule has 0 radical (unpaired) electrons. The molecule has 2 amide bonds. The van der Waals surface area contributed by atoms with Gasteiger partial charge in [-0.25, -0.2) is 8.42 Å². The van der Waals surface area contributed by atoms with Crippen molar-refractivity contribution < 1.29 is 22.7 Å². The minimum absolute atomic E-state index is 0.0509. The molecule has 0 aliphatic carbocycles. The Morgan fingerprint density at radius 3 is 2.25 bits per heavy atom. The number of nitrogens with one attached hydrogen (secondary N) is 1. The van der Waals surface area contributed by atoms with Crippen molar-refractivity contribution in [3.63, 3.8) is 0 Å². The lowest BCUT2D eigenvalue weighted by Crippen LogP contribution is -2.49. The van der Waals surface area contributed by atoms with E-state index in [4.69, 9.17) is 4.74 Å². The first-order chi connectivity index (χ1) is 16.9. The highest BCUT2D eigenvalue weighted by Crippen LogP contribution is 2.30. The van der Waals surface area contributed by atoms with E-state index in [9.17, 15) is 18.0 Å². The SMILES string of the molecule is CCOc1ccccc1N(CCCC(=O)N(Cc1ccc(C)cc1)[C@@H](C)C(=O)NC(C)C)S(C)(=O)=O. The fourth-order valence-corrected chi connectivity index (χ4v) is 4.77. The molecule has 2 aromatic rings. The normalized spacial score (nSPS) is 12.2. The van der Waals surface area contributed by atoms with Gasteiger partial charge in [-0.2, -0.15) is 0 Å². The van der Waals surface area contributed by atoms with Gasteiger partial charge in [-0.1, -0.05) is 42.0 Å². The Morgan fingerprint density at radius 2 is 1.67 bits per heavy atom. The molecule has 0 unspecified atom stereocenters. The summed E-state index contributed by atoms with van der Waals surface area (Å²) in [6.45, 7) is 10.1. The van der Waals surface area contributed by atoms with Crippen molar-refractivity contribution in [3.8, 4) is 5.75 Å². The maximum atomic E-state index is 13.3. The summed E-state index contributed by atoms with van der Waals surface area (Å²) in [6, 6.07) is 14.0. The molecular formula is C27H39N3O5S. The lowest BCUT2D eigenvalue weighted by Gasteiger charge is -2.30. The maximum absolute atomic E-state index is 13.3. The monoisotopic (exact) mass is 517 g/mol. The summed E-state index contributed by atoms with van der Waals surface area (Å²) >= 11 is 0. The van der Waals surface area contributed by atoms with E-state index in [1.807, 2.05) is 52.0 Å². The van der Waals surface area contributed by atoms with Crippen LogP contribution >= 0.6 is 0 Å². The van der Waals surface area contributed by atoms with Gasteiger partial charge in [0, 0.05) is 25.6 Å². The molecule has 2 aromatic carbocycles. The molecule has 2 rings (SSSR count). The van der Waals surface area contributed by atoms with Crippen LogP contribution < -0.4 is 14.4 Å². The van der Waals surface area contributed by atoms with Crippen LogP contribution in [0.25, 0.3) is 0 Å². The number of sulfonamides is 1. The molecule has 1 atom stereocenters. The second-order valence-corrected chi connectivity index (χ2v) is 11.1. The number of nitrogens with zero attached hydrogens (tertiary/aromatic N) is 2. The van der Waals surface area contributed by atoms with Crippen molar-refractivity contribution in [2.24, 2.45) is 0 Å². The molecule has 198 valence electrons. The number of ether oxygens (including phenoxy) is 1. The molecule has 0 heterocycles. The molecule has 1 N–H and O–H groups in total. The quantitative estimate of drug-likeness (QED) is 0.435. The third-order valence-corrected chi connectivity index (χ3v) is 6.84. The summed E-state index contributed by atoms with van der Waals surface area (Å²) in [5, 5.41) is 2.87. The summed E-state index contributed by atoms with van der Waals surface area (Å²) in [6.07, 6.45) is 1.52. The summed E-state index contributed by atoms with van der Waals surface area (Å²) in [5.74, 6) is 0.0270. The van der Waals surface area contributed by atoms with Crippen LogP contribution in [0.4, 0.5) is 5.69 Å². The number of hydrogen-bond acceptors (Lipinski definition) is 5. The van der Waals surface area contributed by atoms with E-state index < -0.39 is 16.1 Å². The molecule has 0 bridgehead atoms. The first-order valence-electron chi connectivity index (χ1n) is 12.3. The van der Waals surface area contributed by atoms with E-state index >= 15 is 0 Å². The second kappa shape index (κ2) is 13.3. The van der Waals surface area contributed by atoms with Crippen LogP contribution in [0.3, 0.4) is 0 Å². The Kier molecular flexibility index (Phi) is 10.8. The fourth-order valence-electron chi connectivity index (χ4n) is 3.80. The zero-order valence-corrected chi connectivity index (χ0v) is 23.0. The molecule has 0 aliphatic rings. The van der Waals surface area contributed by atoms with Crippen LogP contribution in [-0.4, -0.2) is 56.6 Å². The van der Waals surface area contributed by atoms with Gasteiger partial charge in [0.25, 0.3) is 0 Å². The Labute approximate surface area is 215 Å². The zero-order chi connectivity index (χ0) is 26.9. The highest BCUT2D eigenvalue weighted by atomic mass is 32.2. The first kappa shape index (κ1) is 29.2. The van der Waals surface area contributed by atoms with Crippen molar-refractivity contribution >= 4 is 27.5 Å². The van der Waals surface area contributed by atoms with Crippen molar-refractivity contribution in [1.82, 2.24) is 10.2 Å². The van der Waals surface area contributed by atoms with Gasteiger partial charge >= 0.3 is 0 Å². The van der Waals surface area contributed by atoms with Gasteiger partial charge in [0.15, 0.2) is 0 Å². The number of carbonyl (C=O) groups excluding carboxylic acids is 2. The Morgan fingerprint density at radius 1 is 1.03 bits per heavy atom. The third-order valence-electron chi connectivity index (χ3n) is 5.66. The number of aryl methyl sites for hydroxylation is 1. The van der Waals surface area contributed by atoms with Gasteiger partial charge in [-0.3, -0.25) is 13.9 Å². The van der Waals surface area contributed by atoms with Gasteiger partial charge in [-0.05, 0) is 58.7 Å². The maximum Gasteiger partial charge on any atom is 0.242 e. The summed E-state index contributed by atoms with van der Waals surface area (Å²) in [7, 11) is -3.61. The zero-order valence-electron chi connectivity index (χ0n) is 22.2. The molecule has 36 heavy (non-hydrogen) atoms. The predicted molar refractivity (Wildman–Crippen MR) is 144 cm³/mol. The van der Waals surface area contributed by atoms with E-state index in [0.29, 0.717) is 18.0 Å². The Bertz CT molecular complexity index is 1120. The number of anilines is 1. The molecule has 0 aromatic heterocycles. The minimum Gasteiger partial charge on any atom is -0.492 e.